The summed E-state index contributed by atoms with van der Waals surface area (Å²) in [5.74, 6) is 0.912. The fourth-order valence-electron chi connectivity index (χ4n) is 2.37. The molecule has 33 heavy (non-hydrogen) atoms. The zero-order chi connectivity index (χ0) is 23.3. The van der Waals surface area contributed by atoms with Crippen LogP contribution in [0.5, 0.6) is 5.75 Å². The lowest BCUT2D eigenvalue weighted by Gasteiger charge is -2.09. The number of carbonyl (C=O) groups is 2. The average molecular weight is 488 g/mol. The van der Waals surface area contributed by atoms with Crippen molar-refractivity contribution in [1.82, 2.24) is 4.98 Å². The maximum atomic E-state index is 11.9. The summed E-state index contributed by atoms with van der Waals surface area (Å²) in [6.45, 7) is 0.272. The van der Waals surface area contributed by atoms with Crippen molar-refractivity contribution in [2.45, 2.75) is 11.6 Å². The Labute approximate surface area is 198 Å². The minimum Gasteiger partial charge on any atom is -0.448 e. The van der Waals surface area contributed by atoms with Crippen molar-refractivity contribution in [3.8, 4) is 5.75 Å². The minimum absolute atomic E-state index is 0.00496. The topological polar surface area (TPSA) is 119 Å². The number of rotatable bonds is 10. The molecule has 3 rings (SSSR count). The highest BCUT2D eigenvalue weighted by atomic mass is 33.1. The van der Waals surface area contributed by atoms with Gasteiger partial charge in [0.05, 0.1) is 5.69 Å². The number of pyridine rings is 1. The molecular formula is C22H21N3O6S2. The van der Waals surface area contributed by atoms with E-state index in [0.29, 0.717) is 22.7 Å². The van der Waals surface area contributed by atoms with E-state index < -0.39 is 12.2 Å². The Bertz CT molecular complexity index is 1020. The second-order valence-corrected chi connectivity index (χ2v) is 8.74. The number of nitrogens with one attached hydrogen (secondary N) is 2. The molecule has 172 valence electrons. The molecule has 0 aliphatic heterocycles. The SMILES string of the molecule is O=C(Nc1ccc(COC(=O)Oc2ccc(NO)cc2)cc1)OCCSSc1ccccn1. The van der Waals surface area contributed by atoms with Crippen LogP contribution in [-0.4, -0.2) is 34.8 Å². The minimum atomic E-state index is -0.857. The van der Waals surface area contributed by atoms with E-state index in [2.05, 4.69) is 10.3 Å². The van der Waals surface area contributed by atoms with E-state index in [0.717, 1.165) is 5.03 Å². The molecule has 0 bridgehead atoms. The van der Waals surface area contributed by atoms with Crippen LogP contribution < -0.4 is 15.5 Å². The standard InChI is InChI=1S/C22H21N3O6S2/c26-21(29-13-14-32-33-20-3-1-2-12-23-20)24-17-6-4-16(5-7-17)15-30-22(27)31-19-10-8-18(25-28)9-11-19/h1-12,25,28H,13-15H2,(H,24,26). The second kappa shape index (κ2) is 13.2. The van der Waals surface area contributed by atoms with Crippen LogP contribution in [0.1, 0.15) is 5.56 Å². The number of carbonyl (C=O) groups excluding carboxylic acids is 2. The summed E-state index contributed by atoms with van der Waals surface area (Å²) in [6.07, 6.45) is 0.325. The van der Waals surface area contributed by atoms with E-state index in [9.17, 15) is 9.59 Å². The van der Waals surface area contributed by atoms with Crippen molar-refractivity contribution in [2.75, 3.05) is 23.2 Å². The van der Waals surface area contributed by atoms with Gasteiger partial charge in [0.15, 0.2) is 0 Å². The zero-order valence-electron chi connectivity index (χ0n) is 17.3. The maximum absolute atomic E-state index is 11.9. The lowest BCUT2D eigenvalue weighted by atomic mass is 10.2. The van der Waals surface area contributed by atoms with Crippen LogP contribution in [0.25, 0.3) is 0 Å². The summed E-state index contributed by atoms with van der Waals surface area (Å²) in [7, 11) is 3.07. The quantitative estimate of drug-likeness (QED) is 0.110. The number of hydrogen-bond acceptors (Lipinski definition) is 10. The lowest BCUT2D eigenvalue weighted by Crippen LogP contribution is -2.15. The van der Waals surface area contributed by atoms with Crippen LogP contribution in [0.15, 0.2) is 78.0 Å². The third kappa shape index (κ3) is 8.93. The molecule has 1 amide bonds. The van der Waals surface area contributed by atoms with Crippen LogP contribution in [0.3, 0.4) is 0 Å². The highest BCUT2D eigenvalue weighted by Crippen LogP contribution is 2.28. The summed E-state index contributed by atoms with van der Waals surface area (Å²) in [5, 5.41) is 12.3. The number of amides is 1. The molecule has 0 saturated heterocycles. The molecule has 3 aromatic rings. The third-order valence-electron chi connectivity index (χ3n) is 3.92. The lowest BCUT2D eigenvalue weighted by molar-refractivity contribution is 0.0928. The summed E-state index contributed by atoms with van der Waals surface area (Å²) < 4.78 is 15.3. The fourth-order valence-corrected chi connectivity index (χ4v) is 4.08. The van der Waals surface area contributed by atoms with Gasteiger partial charge in [0.2, 0.25) is 0 Å². The molecule has 1 aromatic heterocycles. The normalized spacial score (nSPS) is 10.2. The predicted molar refractivity (Wildman–Crippen MR) is 127 cm³/mol. The monoisotopic (exact) mass is 487 g/mol. The maximum Gasteiger partial charge on any atom is 0.514 e. The van der Waals surface area contributed by atoms with Crippen LogP contribution in [-0.2, 0) is 16.1 Å². The van der Waals surface area contributed by atoms with E-state index in [1.54, 1.807) is 53.4 Å². The van der Waals surface area contributed by atoms with E-state index in [4.69, 9.17) is 19.4 Å². The zero-order valence-corrected chi connectivity index (χ0v) is 18.9. The van der Waals surface area contributed by atoms with Crippen LogP contribution in [0.2, 0.25) is 0 Å². The molecule has 0 aliphatic carbocycles. The largest absolute Gasteiger partial charge is 0.514 e. The summed E-state index contributed by atoms with van der Waals surface area (Å²) >= 11 is 0. The molecule has 0 radical (unpaired) electrons. The number of aromatic nitrogens is 1. The van der Waals surface area contributed by atoms with Gasteiger partial charge in [-0.3, -0.25) is 16.0 Å². The van der Waals surface area contributed by atoms with Crippen LogP contribution >= 0.6 is 21.6 Å². The fraction of sp³-hybridized carbons (Fsp3) is 0.136. The molecular weight excluding hydrogens is 466 g/mol. The summed E-state index contributed by atoms with van der Waals surface area (Å²) in [6, 6.07) is 18.6. The van der Waals surface area contributed by atoms with Crippen LogP contribution in [0, 0.1) is 0 Å². The van der Waals surface area contributed by atoms with Gasteiger partial charge in [0.25, 0.3) is 0 Å². The van der Waals surface area contributed by atoms with Gasteiger partial charge in [-0.1, -0.05) is 29.0 Å². The first kappa shape index (κ1) is 24.2. The van der Waals surface area contributed by atoms with Crippen molar-refractivity contribution in [2.24, 2.45) is 0 Å². The molecule has 0 aliphatic rings. The van der Waals surface area contributed by atoms with Crippen molar-refractivity contribution in [1.29, 1.82) is 0 Å². The second-order valence-electron chi connectivity index (χ2n) is 6.31. The van der Waals surface area contributed by atoms with Crippen molar-refractivity contribution < 1.29 is 29.0 Å². The molecule has 0 unspecified atom stereocenters. The van der Waals surface area contributed by atoms with Crippen molar-refractivity contribution in [3.63, 3.8) is 0 Å². The van der Waals surface area contributed by atoms with Gasteiger partial charge >= 0.3 is 12.2 Å². The van der Waals surface area contributed by atoms with Crippen LogP contribution in [0.4, 0.5) is 21.0 Å². The Morgan fingerprint density at radius 2 is 1.70 bits per heavy atom. The number of benzene rings is 2. The third-order valence-corrected chi connectivity index (χ3v) is 6.15. The molecule has 11 heteroatoms. The summed E-state index contributed by atoms with van der Waals surface area (Å²) in [4.78, 5) is 27.9. The van der Waals surface area contributed by atoms with E-state index >= 15 is 0 Å². The van der Waals surface area contributed by atoms with Crippen molar-refractivity contribution >= 4 is 45.2 Å². The smallest absolute Gasteiger partial charge is 0.448 e. The first-order valence-corrected chi connectivity index (χ1v) is 12.0. The summed E-state index contributed by atoms with van der Waals surface area (Å²) in [5.41, 5.74) is 3.72. The molecule has 0 atom stereocenters. The first-order valence-electron chi connectivity index (χ1n) is 9.70. The number of hydrogen-bond donors (Lipinski definition) is 3. The Morgan fingerprint density at radius 3 is 2.39 bits per heavy atom. The Balaban J connectivity index is 1.31. The molecule has 9 nitrogen and oxygen atoms in total. The number of anilines is 2. The molecule has 1 heterocycles. The van der Waals surface area contributed by atoms with Gasteiger partial charge in [-0.25, -0.2) is 14.6 Å². The van der Waals surface area contributed by atoms with Gasteiger partial charge in [-0.15, -0.1) is 0 Å². The Hall–Kier alpha value is -3.41. The first-order chi connectivity index (χ1) is 16.1. The molecule has 0 spiro atoms. The average Bonchev–Trinajstić information content (AvgIpc) is 2.84. The van der Waals surface area contributed by atoms with Crippen molar-refractivity contribution in [3.05, 3.63) is 78.5 Å². The highest BCUT2D eigenvalue weighted by molar-refractivity contribution is 8.76. The van der Waals surface area contributed by atoms with E-state index in [1.165, 1.54) is 22.9 Å². The Kier molecular flexibility index (Phi) is 9.70. The molecule has 2 aromatic carbocycles. The van der Waals surface area contributed by atoms with Gasteiger partial charge in [-0.2, -0.15) is 0 Å². The van der Waals surface area contributed by atoms with Gasteiger partial charge < -0.3 is 14.2 Å². The molecule has 0 fully saturated rings. The van der Waals surface area contributed by atoms with E-state index in [-0.39, 0.29) is 19.0 Å². The van der Waals surface area contributed by atoms with Gasteiger partial charge in [0.1, 0.15) is 24.0 Å². The number of ether oxygens (including phenoxy) is 3. The number of nitrogens with zero attached hydrogens (tertiary/aromatic N) is 1. The predicted octanol–water partition coefficient (Wildman–Crippen LogP) is 5.59. The van der Waals surface area contributed by atoms with E-state index in [1.807, 2.05) is 23.7 Å². The Morgan fingerprint density at radius 1 is 0.939 bits per heavy atom. The van der Waals surface area contributed by atoms with Gasteiger partial charge in [-0.05, 0) is 64.9 Å². The molecule has 3 N–H and O–H groups in total. The highest BCUT2D eigenvalue weighted by Gasteiger charge is 2.08. The van der Waals surface area contributed by atoms with Gasteiger partial charge in [0, 0.05) is 17.6 Å². The molecule has 0 saturated carbocycles.